The third-order valence-corrected chi connectivity index (χ3v) is 2.01. The van der Waals surface area contributed by atoms with E-state index in [2.05, 4.69) is 0 Å². The van der Waals surface area contributed by atoms with Crippen LogP contribution in [-0.4, -0.2) is 22.2 Å². The van der Waals surface area contributed by atoms with Gasteiger partial charge in [-0.15, -0.1) is 0 Å². The van der Waals surface area contributed by atoms with E-state index in [1.165, 1.54) is 32.0 Å². The van der Waals surface area contributed by atoms with E-state index in [9.17, 15) is 15.2 Å². The first-order valence-corrected chi connectivity index (χ1v) is 4.97. The number of hydrogen-bond donors (Lipinski definition) is 1. The van der Waals surface area contributed by atoms with E-state index in [-0.39, 0.29) is 23.1 Å². The normalized spacial score (nSPS) is 11.2. The van der Waals surface area contributed by atoms with Crippen LogP contribution in [0.3, 0.4) is 0 Å². The monoisotopic (exact) mass is 245 g/mol. The summed E-state index contributed by atoms with van der Waals surface area (Å²) < 4.78 is 5.17. The number of rotatable bonds is 4. The molecule has 0 spiro atoms. The number of halogens is 1. The lowest BCUT2D eigenvalue weighted by atomic mass is 10.2. The summed E-state index contributed by atoms with van der Waals surface area (Å²) >= 11 is 5.79. The zero-order chi connectivity index (χ0) is 12.3. The highest BCUT2D eigenvalue weighted by Crippen LogP contribution is 2.34. The minimum absolute atomic E-state index is 0.0173. The summed E-state index contributed by atoms with van der Waals surface area (Å²) in [5, 5.41) is 20.3. The largest absolute Gasteiger partial charge is 0.483 e. The molecule has 1 N–H and O–H groups in total. The Morgan fingerprint density at radius 3 is 2.69 bits per heavy atom. The Kier molecular flexibility index (Phi) is 3.72. The van der Waals surface area contributed by atoms with Gasteiger partial charge in [-0.3, -0.25) is 10.1 Å². The quantitative estimate of drug-likeness (QED) is 0.653. The fourth-order valence-corrected chi connectivity index (χ4v) is 1.26. The Morgan fingerprint density at radius 1 is 1.56 bits per heavy atom. The molecule has 0 saturated heterocycles. The molecule has 0 radical (unpaired) electrons. The van der Waals surface area contributed by atoms with Crippen LogP contribution < -0.4 is 4.74 Å². The Labute approximate surface area is 97.8 Å². The van der Waals surface area contributed by atoms with E-state index in [0.29, 0.717) is 0 Å². The number of aliphatic hydroxyl groups is 1. The highest BCUT2D eigenvalue weighted by atomic mass is 35.5. The molecule has 0 atom stereocenters. The van der Waals surface area contributed by atoms with Gasteiger partial charge in [0.2, 0.25) is 5.75 Å². The van der Waals surface area contributed by atoms with Crippen LogP contribution in [0.15, 0.2) is 18.2 Å². The first kappa shape index (κ1) is 12.7. The lowest BCUT2D eigenvalue weighted by Gasteiger charge is -2.18. The van der Waals surface area contributed by atoms with E-state index < -0.39 is 10.5 Å². The Bertz CT molecular complexity index is 400. The van der Waals surface area contributed by atoms with Gasteiger partial charge in [0.15, 0.2) is 0 Å². The van der Waals surface area contributed by atoms with E-state index in [0.717, 1.165) is 0 Å². The molecule has 0 aliphatic heterocycles. The van der Waals surface area contributed by atoms with Gasteiger partial charge in [-0.05, 0) is 19.9 Å². The summed E-state index contributed by atoms with van der Waals surface area (Å²) in [6, 6.07) is 4.26. The molecule has 5 nitrogen and oxygen atoms in total. The summed E-state index contributed by atoms with van der Waals surface area (Å²) in [7, 11) is 0. The Hall–Kier alpha value is -1.33. The third-order valence-electron chi connectivity index (χ3n) is 1.71. The Balaban J connectivity index is 2.98. The smallest absolute Gasteiger partial charge is 0.312 e. The van der Waals surface area contributed by atoms with Crippen molar-refractivity contribution in [2.24, 2.45) is 0 Å². The molecule has 0 aliphatic rings. The van der Waals surface area contributed by atoms with Gasteiger partial charge in [0, 0.05) is 6.07 Å². The molecule has 0 fully saturated rings. The van der Waals surface area contributed by atoms with E-state index >= 15 is 0 Å². The first-order chi connectivity index (χ1) is 7.31. The molecule has 0 unspecified atom stereocenters. The van der Waals surface area contributed by atoms with Crippen LogP contribution in [0.2, 0.25) is 5.02 Å². The lowest BCUT2D eigenvalue weighted by Crippen LogP contribution is -2.28. The second-order valence-corrected chi connectivity index (χ2v) is 4.35. The third kappa shape index (κ3) is 3.36. The number of hydrogen-bond acceptors (Lipinski definition) is 4. The van der Waals surface area contributed by atoms with Crippen molar-refractivity contribution in [3.63, 3.8) is 0 Å². The van der Waals surface area contributed by atoms with Crippen LogP contribution in [0.1, 0.15) is 13.8 Å². The van der Waals surface area contributed by atoms with Crippen molar-refractivity contribution in [2.45, 2.75) is 19.4 Å². The van der Waals surface area contributed by atoms with Crippen LogP contribution in [-0.2, 0) is 0 Å². The number of para-hydroxylation sites is 1. The van der Waals surface area contributed by atoms with Crippen molar-refractivity contribution in [1.82, 2.24) is 0 Å². The van der Waals surface area contributed by atoms with Crippen molar-refractivity contribution in [1.29, 1.82) is 0 Å². The van der Waals surface area contributed by atoms with Gasteiger partial charge < -0.3 is 9.84 Å². The minimum atomic E-state index is -1.08. The maximum atomic E-state index is 10.7. The second kappa shape index (κ2) is 4.67. The van der Waals surface area contributed by atoms with Crippen molar-refractivity contribution < 1.29 is 14.8 Å². The second-order valence-electron chi connectivity index (χ2n) is 3.95. The fraction of sp³-hybridized carbons (Fsp3) is 0.400. The first-order valence-electron chi connectivity index (χ1n) is 4.59. The summed E-state index contributed by atoms with van der Waals surface area (Å²) in [6.45, 7) is 3.00. The summed E-state index contributed by atoms with van der Waals surface area (Å²) in [4.78, 5) is 10.1. The lowest BCUT2D eigenvalue weighted by molar-refractivity contribution is -0.386. The van der Waals surface area contributed by atoms with Crippen LogP contribution in [0, 0.1) is 10.1 Å². The molecule has 16 heavy (non-hydrogen) atoms. The van der Waals surface area contributed by atoms with Crippen molar-refractivity contribution in [2.75, 3.05) is 6.61 Å². The van der Waals surface area contributed by atoms with E-state index in [4.69, 9.17) is 16.3 Å². The molecule has 0 saturated carbocycles. The molecule has 1 aromatic carbocycles. The number of nitro groups is 1. The predicted octanol–water partition coefficient (Wildman–Crippen LogP) is 2.40. The summed E-state index contributed by atoms with van der Waals surface area (Å²) in [5.41, 5.74) is -1.29. The van der Waals surface area contributed by atoms with Crippen molar-refractivity contribution >= 4 is 17.3 Å². The highest BCUT2D eigenvalue weighted by Gasteiger charge is 2.21. The maximum Gasteiger partial charge on any atom is 0.312 e. The number of ether oxygens (including phenoxy) is 1. The standard InChI is InChI=1S/C10H12ClNO4/c1-10(2,13)6-16-9-7(11)4-3-5-8(9)12(14)15/h3-5,13H,6H2,1-2H3. The molecular formula is C10H12ClNO4. The average molecular weight is 246 g/mol. The van der Waals surface area contributed by atoms with Crippen LogP contribution in [0.5, 0.6) is 5.75 Å². The van der Waals surface area contributed by atoms with Crippen LogP contribution in [0.4, 0.5) is 5.69 Å². The van der Waals surface area contributed by atoms with E-state index in [1.807, 2.05) is 0 Å². The van der Waals surface area contributed by atoms with Crippen LogP contribution in [0.25, 0.3) is 0 Å². The molecule has 0 aliphatic carbocycles. The van der Waals surface area contributed by atoms with Gasteiger partial charge in [-0.1, -0.05) is 17.7 Å². The van der Waals surface area contributed by atoms with Crippen LogP contribution >= 0.6 is 11.6 Å². The predicted molar refractivity (Wildman–Crippen MR) is 59.9 cm³/mol. The molecule has 0 aromatic heterocycles. The molecule has 0 amide bonds. The maximum absolute atomic E-state index is 10.7. The number of nitrogens with zero attached hydrogens (tertiary/aromatic N) is 1. The van der Waals surface area contributed by atoms with Gasteiger partial charge >= 0.3 is 5.69 Å². The average Bonchev–Trinajstić information content (AvgIpc) is 2.13. The molecule has 0 heterocycles. The van der Waals surface area contributed by atoms with Gasteiger partial charge in [0.25, 0.3) is 0 Å². The molecule has 6 heteroatoms. The minimum Gasteiger partial charge on any atom is -0.483 e. The molecule has 0 bridgehead atoms. The van der Waals surface area contributed by atoms with E-state index in [1.54, 1.807) is 0 Å². The zero-order valence-electron chi connectivity index (χ0n) is 8.94. The fourth-order valence-electron chi connectivity index (χ4n) is 1.03. The van der Waals surface area contributed by atoms with Gasteiger partial charge in [-0.2, -0.15) is 0 Å². The summed E-state index contributed by atoms with van der Waals surface area (Å²) in [6.07, 6.45) is 0. The highest BCUT2D eigenvalue weighted by molar-refractivity contribution is 6.32. The SMILES string of the molecule is CC(C)(O)COc1c(Cl)cccc1[N+](=O)[O-]. The number of nitro benzene ring substituents is 1. The van der Waals surface area contributed by atoms with Crippen molar-refractivity contribution in [3.05, 3.63) is 33.3 Å². The molecule has 88 valence electrons. The van der Waals surface area contributed by atoms with Gasteiger partial charge in [0.05, 0.1) is 15.5 Å². The van der Waals surface area contributed by atoms with Crippen molar-refractivity contribution in [3.8, 4) is 5.75 Å². The zero-order valence-corrected chi connectivity index (χ0v) is 9.69. The van der Waals surface area contributed by atoms with Gasteiger partial charge in [0.1, 0.15) is 6.61 Å². The number of benzene rings is 1. The summed E-state index contributed by atoms with van der Waals surface area (Å²) in [5.74, 6) is -0.0173. The molecular weight excluding hydrogens is 234 g/mol. The topological polar surface area (TPSA) is 72.6 Å². The molecule has 1 aromatic rings. The molecule has 1 rings (SSSR count). The Morgan fingerprint density at radius 2 is 2.19 bits per heavy atom. The van der Waals surface area contributed by atoms with Gasteiger partial charge in [-0.25, -0.2) is 0 Å².